The van der Waals surface area contributed by atoms with Crippen LogP contribution in [-0.2, 0) is 33.1 Å². The number of aromatic nitrogens is 3. The van der Waals surface area contributed by atoms with Gasteiger partial charge in [0.15, 0.2) is 5.03 Å². The van der Waals surface area contributed by atoms with Gasteiger partial charge in [-0.3, -0.25) is 4.79 Å². The van der Waals surface area contributed by atoms with Gasteiger partial charge in [-0.05, 0) is 49.2 Å². The SMILES string of the molecule is Cn1cnc(S(=O)(=O)N(C(=O)[C@@H]2CCCN2)[C@@H](Cc2ccc(OC(=O)N3CCN(c4ccccn4)CC3)cc2)C(=O)O)c1. The van der Waals surface area contributed by atoms with E-state index in [9.17, 15) is 27.9 Å². The summed E-state index contributed by atoms with van der Waals surface area (Å²) in [5.41, 5.74) is 0.435. The zero-order valence-corrected chi connectivity index (χ0v) is 24.4. The van der Waals surface area contributed by atoms with Crippen molar-refractivity contribution in [3.8, 4) is 5.75 Å². The number of carboxylic acid groups (broad SMARTS) is 1. The van der Waals surface area contributed by atoms with Crippen LogP contribution in [0.3, 0.4) is 0 Å². The fourth-order valence-electron chi connectivity index (χ4n) is 5.12. The standard InChI is InChI=1S/C28H33N7O7S/c1-32-18-25(31-19-32)43(40,41)35(26(36)22-5-4-12-29-22)23(27(37)38)17-20-7-9-21(10-8-20)42-28(39)34-15-13-33(14-16-34)24-6-2-3-11-30-24/h2-3,6-11,18-19,22-23,29H,4-5,12-17H2,1H3,(H,37,38)/t22-,23-/m0/s1. The number of nitrogens with one attached hydrogen (secondary N) is 1. The highest BCUT2D eigenvalue weighted by Gasteiger charge is 2.44. The number of rotatable bonds is 9. The number of imidazole rings is 1. The van der Waals surface area contributed by atoms with Crippen molar-refractivity contribution < 1.29 is 32.6 Å². The molecule has 3 aromatic rings. The monoisotopic (exact) mass is 611 g/mol. The molecule has 2 aliphatic rings. The van der Waals surface area contributed by atoms with Crippen molar-refractivity contribution in [2.24, 2.45) is 7.05 Å². The van der Waals surface area contributed by atoms with Crippen molar-refractivity contribution >= 4 is 33.8 Å². The third-order valence-corrected chi connectivity index (χ3v) is 9.11. The molecule has 2 atom stereocenters. The first-order valence-corrected chi connectivity index (χ1v) is 15.3. The average Bonchev–Trinajstić information content (AvgIpc) is 3.71. The number of sulfonamides is 1. The van der Waals surface area contributed by atoms with Crippen LogP contribution in [0.4, 0.5) is 10.6 Å². The quantitative estimate of drug-likeness (QED) is 0.356. The number of aliphatic carboxylic acids is 1. The van der Waals surface area contributed by atoms with Gasteiger partial charge in [-0.25, -0.2) is 23.9 Å². The Bertz CT molecular complexity index is 1550. The number of aryl methyl sites for hydroxylation is 1. The second kappa shape index (κ2) is 12.8. The van der Waals surface area contributed by atoms with Crippen LogP contribution in [0.1, 0.15) is 18.4 Å². The number of carbonyl (C=O) groups excluding carboxylic acids is 2. The van der Waals surface area contributed by atoms with Gasteiger partial charge >= 0.3 is 12.1 Å². The van der Waals surface area contributed by atoms with Gasteiger partial charge in [0.1, 0.15) is 17.6 Å². The highest BCUT2D eigenvalue weighted by molar-refractivity contribution is 7.89. The lowest BCUT2D eigenvalue weighted by atomic mass is 10.0. The zero-order valence-electron chi connectivity index (χ0n) is 23.6. The number of piperazine rings is 1. The molecule has 1 aromatic carbocycles. The van der Waals surface area contributed by atoms with Crippen LogP contribution in [0.2, 0.25) is 0 Å². The van der Waals surface area contributed by atoms with Crippen LogP contribution in [0.15, 0.2) is 66.2 Å². The number of benzene rings is 1. The van der Waals surface area contributed by atoms with E-state index in [1.807, 2.05) is 18.2 Å². The molecule has 2 saturated heterocycles. The molecule has 14 nitrogen and oxygen atoms in total. The molecule has 2 amide bonds. The Kier molecular flexibility index (Phi) is 8.92. The van der Waals surface area contributed by atoms with E-state index in [1.165, 1.54) is 29.2 Å². The summed E-state index contributed by atoms with van der Waals surface area (Å²) >= 11 is 0. The molecule has 0 aliphatic carbocycles. The molecule has 5 rings (SSSR count). The Hall–Kier alpha value is -4.50. The minimum Gasteiger partial charge on any atom is -0.480 e. The van der Waals surface area contributed by atoms with Gasteiger partial charge in [0.25, 0.3) is 15.9 Å². The molecule has 15 heteroatoms. The van der Waals surface area contributed by atoms with E-state index >= 15 is 0 Å². The number of carbonyl (C=O) groups is 3. The van der Waals surface area contributed by atoms with E-state index in [2.05, 4.69) is 20.2 Å². The van der Waals surface area contributed by atoms with Crippen molar-refractivity contribution in [1.29, 1.82) is 0 Å². The summed E-state index contributed by atoms with van der Waals surface area (Å²) in [6.07, 6.45) is 4.43. The Morgan fingerprint density at radius 2 is 1.84 bits per heavy atom. The van der Waals surface area contributed by atoms with Gasteiger partial charge in [-0.15, -0.1) is 0 Å². The molecular formula is C28H33N7O7S. The van der Waals surface area contributed by atoms with Gasteiger partial charge in [0.2, 0.25) is 0 Å². The van der Waals surface area contributed by atoms with Crippen LogP contribution in [0, 0.1) is 0 Å². The molecule has 2 fully saturated rings. The number of hydrogen-bond acceptors (Lipinski definition) is 10. The first-order valence-electron chi connectivity index (χ1n) is 13.9. The Labute approximate surface area is 248 Å². The molecule has 2 N–H and O–H groups in total. The second-order valence-corrected chi connectivity index (χ2v) is 12.2. The van der Waals surface area contributed by atoms with Gasteiger partial charge in [0.05, 0.1) is 12.4 Å². The largest absolute Gasteiger partial charge is 0.480 e. The molecule has 0 spiro atoms. The second-order valence-electron chi connectivity index (χ2n) is 10.4. The maximum Gasteiger partial charge on any atom is 0.415 e. The molecular weight excluding hydrogens is 578 g/mol. The summed E-state index contributed by atoms with van der Waals surface area (Å²) in [4.78, 5) is 50.6. The number of carboxylic acids is 1. The highest BCUT2D eigenvalue weighted by atomic mass is 32.2. The number of hydrogen-bond donors (Lipinski definition) is 2. The predicted octanol–water partition coefficient (Wildman–Crippen LogP) is 1.10. The molecule has 228 valence electrons. The normalized spacial score (nSPS) is 17.8. The molecule has 43 heavy (non-hydrogen) atoms. The van der Waals surface area contributed by atoms with Crippen molar-refractivity contribution in [3.63, 3.8) is 0 Å². The Morgan fingerprint density at radius 3 is 2.42 bits per heavy atom. The summed E-state index contributed by atoms with van der Waals surface area (Å²) < 4.78 is 34.5. The Balaban J connectivity index is 1.27. The summed E-state index contributed by atoms with van der Waals surface area (Å²) in [6.45, 7) is 2.64. The number of ether oxygens (including phenoxy) is 1. The van der Waals surface area contributed by atoms with E-state index in [1.54, 1.807) is 30.3 Å². The summed E-state index contributed by atoms with van der Waals surface area (Å²) in [5.74, 6) is -1.23. The van der Waals surface area contributed by atoms with Crippen LogP contribution >= 0.6 is 0 Å². The molecule has 4 heterocycles. The molecule has 0 bridgehead atoms. The van der Waals surface area contributed by atoms with Crippen molar-refractivity contribution in [2.75, 3.05) is 37.6 Å². The summed E-state index contributed by atoms with van der Waals surface area (Å²) in [7, 11) is -3.02. The summed E-state index contributed by atoms with van der Waals surface area (Å²) in [5, 5.41) is 12.7. The molecule has 0 unspecified atom stereocenters. The lowest BCUT2D eigenvalue weighted by molar-refractivity contribution is -0.146. The predicted molar refractivity (Wildman–Crippen MR) is 154 cm³/mol. The molecule has 0 saturated carbocycles. The maximum absolute atomic E-state index is 13.6. The third-order valence-electron chi connectivity index (χ3n) is 7.42. The number of anilines is 1. The van der Waals surface area contributed by atoms with E-state index < -0.39 is 45.1 Å². The van der Waals surface area contributed by atoms with Crippen molar-refractivity contribution in [2.45, 2.75) is 36.4 Å². The minimum absolute atomic E-state index is 0.247. The van der Waals surface area contributed by atoms with Crippen LogP contribution < -0.4 is 15.0 Å². The zero-order chi connectivity index (χ0) is 30.6. The molecule has 2 aromatic heterocycles. The van der Waals surface area contributed by atoms with Crippen LogP contribution in [-0.4, -0.2) is 100 Å². The van der Waals surface area contributed by atoms with E-state index in [0.29, 0.717) is 55.4 Å². The lowest BCUT2D eigenvalue weighted by Gasteiger charge is -2.34. The first-order chi connectivity index (χ1) is 20.6. The first kappa shape index (κ1) is 30.0. The van der Waals surface area contributed by atoms with E-state index in [4.69, 9.17) is 4.74 Å². The summed E-state index contributed by atoms with van der Waals surface area (Å²) in [6, 6.07) is 9.22. The van der Waals surface area contributed by atoms with Gasteiger partial charge in [-0.2, -0.15) is 8.42 Å². The number of pyridine rings is 1. The van der Waals surface area contributed by atoms with Gasteiger partial charge in [-0.1, -0.05) is 18.2 Å². The minimum atomic E-state index is -4.59. The fraction of sp³-hybridized carbons (Fsp3) is 0.393. The smallest absolute Gasteiger partial charge is 0.415 e. The van der Waals surface area contributed by atoms with Gasteiger partial charge in [0, 0.05) is 52.0 Å². The van der Waals surface area contributed by atoms with E-state index in [0.717, 1.165) is 5.82 Å². The molecule has 0 radical (unpaired) electrons. The van der Waals surface area contributed by atoms with Crippen LogP contribution in [0.25, 0.3) is 0 Å². The Morgan fingerprint density at radius 1 is 1.09 bits per heavy atom. The number of amides is 2. The lowest BCUT2D eigenvalue weighted by Crippen LogP contribution is -2.54. The topological polar surface area (TPSA) is 167 Å². The van der Waals surface area contributed by atoms with Crippen LogP contribution in [0.5, 0.6) is 5.75 Å². The van der Waals surface area contributed by atoms with Gasteiger partial charge < -0.3 is 29.5 Å². The maximum atomic E-state index is 13.6. The number of nitrogens with zero attached hydrogens (tertiary/aromatic N) is 6. The third kappa shape index (κ3) is 6.78. The van der Waals surface area contributed by atoms with E-state index in [-0.39, 0.29) is 12.2 Å². The fourth-order valence-corrected chi connectivity index (χ4v) is 6.67. The molecule has 2 aliphatic heterocycles. The van der Waals surface area contributed by atoms with Crippen molar-refractivity contribution in [1.82, 2.24) is 29.1 Å². The highest BCUT2D eigenvalue weighted by Crippen LogP contribution is 2.24. The average molecular weight is 612 g/mol. The van der Waals surface area contributed by atoms with Crippen molar-refractivity contribution in [3.05, 3.63) is 66.7 Å².